The average molecular weight is 312 g/mol. The van der Waals surface area contributed by atoms with Gasteiger partial charge in [-0.05, 0) is 12.8 Å². The summed E-state index contributed by atoms with van der Waals surface area (Å²) in [5.41, 5.74) is 0. The zero-order valence-corrected chi connectivity index (χ0v) is 12.7. The molecule has 0 aromatic heterocycles. The minimum absolute atomic E-state index is 0.00322. The normalized spacial score (nSPS) is 36.1. The van der Waals surface area contributed by atoms with E-state index >= 15 is 0 Å². The Hall–Kier alpha value is -1.63. The van der Waals surface area contributed by atoms with Crippen LogP contribution in [0.4, 0.5) is 0 Å². The molecule has 0 N–H and O–H groups in total. The van der Waals surface area contributed by atoms with Gasteiger partial charge in [0.25, 0.3) is 0 Å². The number of hydrogen-bond acceptors (Lipinski definition) is 7. The molecule has 2 bridgehead atoms. The molecule has 122 valence electrons. The molecule has 3 saturated heterocycles. The number of ether oxygens (including phenoxy) is 4. The number of carbonyl (C=O) groups excluding carboxylic acids is 3. The maximum atomic E-state index is 11.8. The van der Waals surface area contributed by atoms with Crippen LogP contribution in [0.2, 0.25) is 0 Å². The zero-order valence-electron chi connectivity index (χ0n) is 12.7. The fraction of sp³-hybridized carbons (Fsp3) is 0.800. The summed E-state index contributed by atoms with van der Waals surface area (Å²) in [5, 5.41) is 0. The lowest BCUT2D eigenvalue weighted by Gasteiger charge is -2.22. The third kappa shape index (κ3) is 2.58. The van der Waals surface area contributed by atoms with Crippen molar-refractivity contribution in [2.75, 3.05) is 6.61 Å². The number of esters is 3. The minimum atomic E-state index is -0.537. The fourth-order valence-corrected chi connectivity index (χ4v) is 3.14. The quantitative estimate of drug-likeness (QED) is 0.524. The SMILES string of the molecule is CCC(C)C(=O)OCCC(=O)OC1C2CC3C(=O)OC1C3O2. The number of carbonyl (C=O) groups is 3. The molecule has 0 amide bonds. The summed E-state index contributed by atoms with van der Waals surface area (Å²) in [6.07, 6.45) is -0.342. The van der Waals surface area contributed by atoms with E-state index in [1.807, 2.05) is 6.92 Å². The van der Waals surface area contributed by atoms with Gasteiger partial charge in [0, 0.05) is 0 Å². The molecule has 0 saturated carbocycles. The summed E-state index contributed by atoms with van der Waals surface area (Å²) in [6.45, 7) is 3.67. The molecule has 3 heterocycles. The van der Waals surface area contributed by atoms with E-state index in [0.29, 0.717) is 12.8 Å². The Morgan fingerprint density at radius 1 is 1.36 bits per heavy atom. The molecule has 0 radical (unpaired) electrons. The summed E-state index contributed by atoms with van der Waals surface area (Å²) in [6, 6.07) is 0. The molecule has 6 unspecified atom stereocenters. The maximum Gasteiger partial charge on any atom is 0.312 e. The van der Waals surface area contributed by atoms with Gasteiger partial charge >= 0.3 is 17.9 Å². The maximum absolute atomic E-state index is 11.8. The van der Waals surface area contributed by atoms with E-state index in [4.69, 9.17) is 18.9 Å². The van der Waals surface area contributed by atoms with Crippen LogP contribution in [0, 0.1) is 11.8 Å². The first-order chi connectivity index (χ1) is 10.5. The topological polar surface area (TPSA) is 88.1 Å². The molecule has 0 aromatic carbocycles. The van der Waals surface area contributed by atoms with Crippen molar-refractivity contribution in [1.82, 2.24) is 0 Å². The largest absolute Gasteiger partial charge is 0.465 e. The summed E-state index contributed by atoms with van der Waals surface area (Å²) in [5.74, 6) is -1.44. The summed E-state index contributed by atoms with van der Waals surface area (Å²) in [4.78, 5) is 34.9. The van der Waals surface area contributed by atoms with Crippen molar-refractivity contribution in [2.24, 2.45) is 11.8 Å². The number of fused-ring (bicyclic) bond motifs is 1. The van der Waals surface area contributed by atoms with Gasteiger partial charge in [-0.25, -0.2) is 0 Å². The van der Waals surface area contributed by atoms with Crippen LogP contribution in [-0.4, -0.2) is 48.9 Å². The van der Waals surface area contributed by atoms with Crippen molar-refractivity contribution in [3.63, 3.8) is 0 Å². The van der Waals surface area contributed by atoms with Crippen LogP contribution in [0.1, 0.15) is 33.1 Å². The number of hydrogen-bond donors (Lipinski definition) is 0. The number of rotatable bonds is 6. The van der Waals surface area contributed by atoms with E-state index in [1.54, 1.807) is 6.92 Å². The molecule has 0 spiro atoms. The smallest absolute Gasteiger partial charge is 0.312 e. The van der Waals surface area contributed by atoms with Gasteiger partial charge in [-0.2, -0.15) is 0 Å². The van der Waals surface area contributed by atoms with Gasteiger partial charge in [0.05, 0.1) is 24.4 Å². The van der Waals surface area contributed by atoms with Crippen molar-refractivity contribution in [2.45, 2.75) is 57.5 Å². The molecule has 7 nitrogen and oxygen atoms in total. The van der Waals surface area contributed by atoms with Crippen molar-refractivity contribution < 1.29 is 33.3 Å². The van der Waals surface area contributed by atoms with Crippen LogP contribution >= 0.6 is 0 Å². The Bertz CT molecular complexity index is 488. The lowest BCUT2D eigenvalue weighted by molar-refractivity contribution is -0.162. The molecule has 3 fully saturated rings. The molecule has 6 atom stereocenters. The zero-order chi connectivity index (χ0) is 15.9. The van der Waals surface area contributed by atoms with Gasteiger partial charge in [-0.1, -0.05) is 13.8 Å². The molecule has 3 rings (SSSR count). The van der Waals surface area contributed by atoms with Gasteiger partial charge in [-0.3, -0.25) is 14.4 Å². The van der Waals surface area contributed by atoms with Crippen LogP contribution in [0.3, 0.4) is 0 Å². The first-order valence-electron chi connectivity index (χ1n) is 7.73. The van der Waals surface area contributed by atoms with Crippen molar-refractivity contribution in [1.29, 1.82) is 0 Å². The Labute approximate surface area is 128 Å². The first kappa shape index (κ1) is 15.3. The van der Waals surface area contributed by atoms with E-state index < -0.39 is 18.2 Å². The van der Waals surface area contributed by atoms with Gasteiger partial charge in [0.15, 0.2) is 12.2 Å². The average Bonchev–Trinajstić information content (AvgIpc) is 3.11. The van der Waals surface area contributed by atoms with Crippen LogP contribution in [-0.2, 0) is 33.3 Å². The van der Waals surface area contributed by atoms with Crippen molar-refractivity contribution >= 4 is 17.9 Å². The van der Waals surface area contributed by atoms with E-state index in [0.717, 1.165) is 0 Å². The van der Waals surface area contributed by atoms with E-state index in [9.17, 15) is 14.4 Å². The molecule has 3 aliphatic heterocycles. The molecule has 22 heavy (non-hydrogen) atoms. The van der Waals surface area contributed by atoms with Gasteiger partial charge < -0.3 is 18.9 Å². The fourth-order valence-electron chi connectivity index (χ4n) is 3.14. The Morgan fingerprint density at radius 2 is 2.14 bits per heavy atom. The standard InChI is InChI=1S/C15H20O7/c1-3-7(2)14(17)19-5-4-10(16)21-12-9-6-8-11(20-9)13(12)22-15(8)18/h7-9,11-13H,3-6H2,1-2H3. The summed E-state index contributed by atoms with van der Waals surface area (Å²) >= 11 is 0. The molecule has 7 heteroatoms. The third-order valence-electron chi connectivity index (χ3n) is 4.62. The van der Waals surface area contributed by atoms with E-state index in [2.05, 4.69) is 0 Å². The first-order valence-corrected chi connectivity index (χ1v) is 7.73. The van der Waals surface area contributed by atoms with Gasteiger partial charge in [0.1, 0.15) is 12.7 Å². The Balaban J connectivity index is 1.44. The highest BCUT2D eigenvalue weighted by molar-refractivity contribution is 5.78. The second-order valence-electron chi connectivity index (χ2n) is 6.06. The lowest BCUT2D eigenvalue weighted by Crippen LogP contribution is -2.40. The molecular formula is C15H20O7. The molecule has 0 aliphatic carbocycles. The lowest BCUT2D eigenvalue weighted by atomic mass is 9.88. The second kappa shape index (κ2) is 5.87. The Morgan fingerprint density at radius 3 is 2.86 bits per heavy atom. The predicted octanol–water partition coefficient (Wildman–Crippen LogP) is 0.590. The minimum Gasteiger partial charge on any atom is -0.465 e. The molecule has 3 aliphatic rings. The molecular weight excluding hydrogens is 292 g/mol. The highest BCUT2D eigenvalue weighted by atomic mass is 16.7. The summed E-state index contributed by atoms with van der Waals surface area (Å²) in [7, 11) is 0. The molecule has 0 aromatic rings. The van der Waals surface area contributed by atoms with Crippen LogP contribution in [0.15, 0.2) is 0 Å². The Kier molecular flexibility index (Phi) is 4.08. The highest BCUT2D eigenvalue weighted by Gasteiger charge is 2.65. The van der Waals surface area contributed by atoms with Gasteiger partial charge in [0.2, 0.25) is 0 Å². The van der Waals surface area contributed by atoms with Crippen molar-refractivity contribution in [3.05, 3.63) is 0 Å². The highest BCUT2D eigenvalue weighted by Crippen LogP contribution is 2.47. The predicted molar refractivity (Wildman–Crippen MR) is 71.6 cm³/mol. The summed E-state index contributed by atoms with van der Waals surface area (Å²) < 4.78 is 21.2. The van der Waals surface area contributed by atoms with Crippen LogP contribution in [0.25, 0.3) is 0 Å². The van der Waals surface area contributed by atoms with E-state index in [1.165, 1.54) is 0 Å². The monoisotopic (exact) mass is 312 g/mol. The van der Waals surface area contributed by atoms with Crippen LogP contribution in [0.5, 0.6) is 0 Å². The second-order valence-corrected chi connectivity index (χ2v) is 6.06. The van der Waals surface area contributed by atoms with Gasteiger partial charge in [-0.15, -0.1) is 0 Å². The van der Waals surface area contributed by atoms with E-state index in [-0.39, 0.29) is 49.0 Å². The third-order valence-corrected chi connectivity index (χ3v) is 4.62. The van der Waals surface area contributed by atoms with Crippen LogP contribution < -0.4 is 0 Å². The van der Waals surface area contributed by atoms with Crippen molar-refractivity contribution in [3.8, 4) is 0 Å².